The van der Waals surface area contributed by atoms with Crippen LogP contribution in [0.15, 0.2) is 0 Å². The summed E-state index contributed by atoms with van der Waals surface area (Å²) in [6.45, 7) is -0.328. The molecule has 1 fully saturated rings. The monoisotopic (exact) mass is 233 g/mol. The highest BCUT2D eigenvalue weighted by Gasteiger charge is 2.30. The van der Waals surface area contributed by atoms with Crippen molar-refractivity contribution >= 4 is 29.5 Å². The van der Waals surface area contributed by atoms with Crippen molar-refractivity contribution in [3.63, 3.8) is 0 Å². The Bertz CT molecular complexity index is 277. The van der Waals surface area contributed by atoms with Crippen molar-refractivity contribution in [3.8, 4) is 0 Å². The Hall–Kier alpha value is -1.08. The SMILES string of the molecule is COC(=O)C(O)CN1C(=O)CSCC1=O. The van der Waals surface area contributed by atoms with Gasteiger partial charge < -0.3 is 9.84 Å². The number of carbonyl (C=O) groups is 3. The van der Waals surface area contributed by atoms with E-state index in [9.17, 15) is 19.5 Å². The summed E-state index contributed by atoms with van der Waals surface area (Å²) in [7, 11) is 1.13. The van der Waals surface area contributed by atoms with E-state index in [-0.39, 0.29) is 29.9 Å². The smallest absolute Gasteiger partial charge is 0.336 e. The van der Waals surface area contributed by atoms with Crippen molar-refractivity contribution in [3.05, 3.63) is 0 Å². The molecule has 1 saturated heterocycles. The van der Waals surface area contributed by atoms with Crippen molar-refractivity contribution in [1.82, 2.24) is 4.90 Å². The average Bonchev–Trinajstić information content (AvgIpc) is 2.22. The molecule has 0 saturated carbocycles. The van der Waals surface area contributed by atoms with E-state index in [2.05, 4.69) is 4.74 Å². The van der Waals surface area contributed by atoms with Gasteiger partial charge in [-0.1, -0.05) is 0 Å². The van der Waals surface area contributed by atoms with Gasteiger partial charge >= 0.3 is 5.97 Å². The number of thioether (sulfide) groups is 1. The molecule has 1 heterocycles. The van der Waals surface area contributed by atoms with Gasteiger partial charge in [-0.05, 0) is 0 Å². The number of nitrogens with zero attached hydrogens (tertiary/aromatic N) is 1. The van der Waals surface area contributed by atoms with Crippen LogP contribution in [0.2, 0.25) is 0 Å². The average molecular weight is 233 g/mol. The first-order valence-corrected chi connectivity index (χ1v) is 5.38. The lowest BCUT2D eigenvalue weighted by Crippen LogP contribution is -2.48. The van der Waals surface area contributed by atoms with Gasteiger partial charge in [0.2, 0.25) is 11.8 Å². The molecule has 1 N–H and O–H groups in total. The van der Waals surface area contributed by atoms with Gasteiger partial charge in [0.15, 0.2) is 6.10 Å². The van der Waals surface area contributed by atoms with E-state index < -0.39 is 12.1 Å². The van der Waals surface area contributed by atoms with Crippen molar-refractivity contribution < 1.29 is 24.2 Å². The van der Waals surface area contributed by atoms with Crippen LogP contribution in [-0.4, -0.2) is 59.1 Å². The Kier molecular flexibility index (Phi) is 4.10. The molecule has 0 aromatic carbocycles. The van der Waals surface area contributed by atoms with Crippen molar-refractivity contribution in [2.75, 3.05) is 25.2 Å². The second-order valence-corrected chi connectivity index (χ2v) is 3.92. The van der Waals surface area contributed by atoms with Gasteiger partial charge in [0, 0.05) is 0 Å². The van der Waals surface area contributed by atoms with Crippen molar-refractivity contribution in [2.24, 2.45) is 0 Å². The first-order valence-electron chi connectivity index (χ1n) is 4.23. The molecule has 1 aliphatic heterocycles. The maximum absolute atomic E-state index is 11.3. The molecule has 84 valence electrons. The van der Waals surface area contributed by atoms with Gasteiger partial charge in [0.05, 0.1) is 25.2 Å². The number of aliphatic hydroxyl groups is 1. The van der Waals surface area contributed by atoms with Gasteiger partial charge in [-0.3, -0.25) is 14.5 Å². The fraction of sp³-hybridized carbons (Fsp3) is 0.625. The summed E-state index contributed by atoms with van der Waals surface area (Å²) < 4.78 is 4.28. The summed E-state index contributed by atoms with van der Waals surface area (Å²) in [5, 5.41) is 9.28. The van der Waals surface area contributed by atoms with E-state index in [1.54, 1.807) is 0 Å². The molecule has 6 nitrogen and oxygen atoms in total. The number of hydrogen-bond acceptors (Lipinski definition) is 6. The highest BCUT2D eigenvalue weighted by Crippen LogP contribution is 2.12. The van der Waals surface area contributed by atoms with E-state index in [4.69, 9.17) is 0 Å². The number of β-amino-alcohol motifs (C(OH)–C–C–N with tert-alkyl or cyclic N) is 1. The van der Waals surface area contributed by atoms with Crippen molar-refractivity contribution in [1.29, 1.82) is 0 Å². The summed E-state index contributed by atoms with van der Waals surface area (Å²) in [4.78, 5) is 34.3. The number of hydrogen-bond donors (Lipinski definition) is 1. The lowest BCUT2D eigenvalue weighted by molar-refractivity contribution is -0.154. The molecule has 15 heavy (non-hydrogen) atoms. The van der Waals surface area contributed by atoms with Crippen LogP contribution in [0.25, 0.3) is 0 Å². The highest BCUT2D eigenvalue weighted by molar-refractivity contribution is 8.00. The minimum Gasteiger partial charge on any atom is -0.467 e. The lowest BCUT2D eigenvalue weighted by atomic mass is 10.3. The second kappa shape index (κ2) is 5.13. The minimum absolute atomic E-state index is 0.194. The Labute approximate surface area is 90.6 Å². The van der Waals surface area contributed by atoms with E-state index in [0.717, 1.165) is 12.0 Å². The van der Waals surface area contributed by atoms with Crippen LogP contribution in [0.1, 0.15) is 0 Å². The number of imide groups is 1. The summed E-state index contributed by atoms with van der Waals surface area (Å²) in [6.07, 6.45) is -1.47. The van der Waals surface area contributed by atoms with Gasteiger partial charge in [0.1, 0.15) is 0 Å². The number of aliphatic hydroxyl groups excluding tert-OH is 1. The Morgan fingerprint density at radius 3 is 2.53 bits per heavy atom. The molecule has 0 aromatic rings. The normalized spacial score (nSPS) is 18.9. The number of ether oxygens (including phenoxy) is 1. The highest BCUT2D eigenvalue weighted by atomic mass is 32.2. The molecule has 7 heteroatoms. The predicted octanol–water partition coefficient (Wildman–Crippen LogP) is -1.38. The van der Waals surface area contributed by atoms with Crippen LogP contribution >= 0.6 is 11.8 Å². The zero-order valence-corrected chi connectivity index (χ0v) is 8.95. The molecule has 0 bridgehead atoms. The molecule has 0 radical (unpaired) electrons. The van der Waals surface area contributed by atoms with Gasteiger partial charge in [-0.15, -0.1) is 11.8 Å². The van der Waals surface area contributed by atoms with Crippen LogP contribution in [0, 0.1) is 0 Å². The summed E-state index contributed by atoms with van der Waals surface area (Å²) >= 11 is 1.22. The van der Waals surface area contributed by atoms with E-state index in [1.165, 1.54) is 11.8 Å². The minimum atomic E-state index is -1.47. The molecule has 1 unspecified atom stereocenters. The third-order valence-electron chi connectivity index (χ3n) is 1.88. The topological polar surface area (TPSA) is 83.9 Å². The summed E-state index contributed by atoms with van der Waals surface area (Å²) in [6, 6.07) is 0. The molecule has 0 aliphatic carbocycles. The van der Waals surface area contributed by atoms with Gasteiger partial charge in [0.25, 0.3) is 0 Å². The standard InChI is InChI=1S/C8H11NO5S/c1-14-8(13)5(10)2-9-6(11)3-15-4-7(9)12/h5,10H,2-4H2,1H3. The second-order valence-electron chi connectivity index (χ2n) is 2.93. The predicted molar refractivity (Wildman–Crippen MR) is 52.1 cm³/mol. The Morgan fingerprint density at radius 1 is 1.53 bits per heavy atom. The third-order valence-corrected chi connectivity index (χ3v) is 2.78. The fourth-order valence-electron chi connectivity index (χ4n) is 1.11. The fourth-order valence-corrected chi connectivity index (χ4v) is 1.87. The number of methoxy groups -OCH3 is 1. The van der Waals surface area contributed by atoms with Gasteiger partial charge in [-0.2, -0.15) is 0 Å². The zero-order valence-electron chi connectivity index (χ0n) is 8.13. The molecule has 0 spiro atoms. The molecule has 1 rings (SSSR count). The summed E-state index contributed by atoms with van der Waals surface area (Å²) in [5.41, 5.74) is 0. The zero-order chi connectivity index (χ0) is 11.4. The van der Waals surface area contributed by atoms with Crippen LogP contribution in [0.5, 0.6) is 0 Å². The van der Waals surface area contributed by atoms with E-state index >= 15 is 0 Å². The van der Waals surface area contributed by atoms with Gasteiger partial charge in [-0.25, -0.2) is 4.79 Å². The first-order chi connectivity index (χ1) is 7.06. The Balaban J connectivity index is 2.58. The lowest BCUT2D eigenvalue weighted by Gasteiger charge is -2.25. The number of esters is 1. The van der Waals surface area contributed by atoms with Crippen LogP contribution in [0.4, 0.5) is 0 Å². The number of rotatable bonds is 3. The molecular weight excluding hydrogens is 222 g/mol. The molecule has 1 aliphatic rings. The maximum Gasteiger partial charge on any atom is 0.336 e. The van der Waals surface area contributed by atoms with E-state index in [1.807, 2.05) is 0 Å². The van der Waals surface area contributed by atoms with Crippen LogP contribution in [-0.2, 0) is 19.1 Å². The largest absolute Gasteiger partial charge is 0.467 e. The first kappa shape index (κ1) is 12.0. The quantitative estimate of drug-likeness (QED) is 0.478. The van der Waals surface area contributed by atoms with Crippen LogP contribution in [0.3, 0.4) is 0 Å². The molecule has 0 aromatic heterocycles. The molecule has 1 atom stereocenters. The molecular formula is C8H11NO5S. The summed E-state index contributed by atoms with van der Waals surface area (Å²) in [5.74, 6) is -1.24. The third kappa shape index (κ3) is 2.93. The Morgan fingerprint density at radius 2 is 2.07 bits per heavy atom. The maximum atomic E-state index is 11.3. The van der Waals surface area contributed by atoms with Crippen molar-refractivity contribution in [2.45, 2.75) is 6.10 Å². The van der Waals surface area contributed by atoms with E-state index in [0.29, 0.717) is 0 Å². The molecule has 2 amide bonds. The van der Waals surface area contributed by atoms with Crippen LogP contribution < -0.4 is 0 Å². The number of carbonyl (C=O) groups excluding carboxylic acids is 3. The number of amides is 2.